The van der Waals surface area contributed by atoms with Gasteiger partial charge in [0.05, 0.1) is 10.6 Å². The average Bonchev–Trinajstić information content (AvgIpc) is 2.96. The molecule has 0 saturated heterocycles. The maximum absolute atomic E-state index is 12.2. The van der Waals surface area contributed by atoms with E-state index < -0.39 is 19.7 Å². The van der Waals surface area contributed by atoms with Crippen LogP contribution in [0.25, 0.3) is 11.1 Å². The number of nitrogens with one attached hydrogen (secondary N) is 1. The van der Waals surface area contributed by atoms with Crippen molar-refractivity contribution in [1.29, 1.82) is 0 Å². The van der Waals surface area contributed by atoms with Gasteiger partial charge in [-0.15, -0.1) is 0 Å². The molecule has 0 atom stereocenters. The van der Waals surface area contributed by atoms with Crippen LogP contribution in [-0.4, -0.2) is 39.5 Å². The van der Waals surface area contributed by atoms with Crippen molar-refractivity contribution < 1.29 is 26.4 Å². The van der Waals surface area contributed by atoms with Gasteiger partial charge in [0.15, 0.2) is 25.3 Å². The van der Waals surface area contributed by atoms with Crippen LogP contribution in [0.15, 0.2) is 51.1 Å². The van der Waals surface area contributed by atoms with Crippen LogP contribution in [-0.2, 0) is 19.7 Å². The number of fused-ring (bicyclic) bond motifs is 1. The third kappa shape index (κ3) is 3.80. The molecule has 8 nitrogen and oxygen atoms in total. The smallest absolute Gasteiger partial charge is 0.296 e. The third-order valence-electron chi connectivity index (χ3n) is 3.33. The van der Waals surface area contributed by atoms with Crippen molar-refractivity contribution in [2.75, 3.05) is 12.0 Å². The first-order valence-electron chi connectivity index (χ1n) is 7.06. The van der Waals surface area contributed by atoms with Crippen LogP contribution in [0, 0.1) is 5.21 Å². The number of sulfone groups is 2. The molecule has 0 aliphatic heterocycles. The standard InChI is InChI=1S/C15H16N2O6S2/c1-4-6-13(25(21,22)5-2)14(17-18)15-16-11-9-10(24(3,19)20)7-8-12(11)23-15/h4,6-9,17H,1,5H2,2-3H3/b13-6+,17-14-. The first kappa shape index (κ1) is 18.9. The summed E-state index contributed by atoms with van der Waals surface area (Å²) in [4.78, 5) is 3.76. The summed E-state index contributed by atoms with van der Waals surface area (Å²) in [5.41, 5.74) is 0.0124. The number of benzene rings is 1. The molecule has 0 fully saturated rings. The highest BCUT2D eigenvalue weighted by atomic mass is 32.2. The number of aromatic nitrogens is 1. The molecule has 0 spiro atoms. The van der Waals surface area contributed by atoms with Gasteiger partial charge < -0.3 is 9.62 Å². The zero-order valence-electron chi connectivity index (χ0n) is 13.5. The van der Waals surface area contributed by atoms with E-state index in [-0.39, 0.29) is 38.3 Å². The van der Waals surface area contributed by atoms with Crippen molar-refractivity contribution >= 4 is 36.5 Å². The van der Waals surface area contributed by atoms with Crippen LogP contribution >= 0.6 is 0 Å². The fraction of sp³-hybridized carbons (Fsp3) is 0.200. The lowest BCUT2D eigenvalue weighted by Gasteiger charge is -2.03. The van der Waals surface area contributed by atoms with Crippen LogP contribution in [0.2, 0.25) is 0 Å². The van der Waals surface area contributed by atoms with Gasteiger partial charge in [0.25, 0.3) is 11.6 Å². The molecule has 0 bridgehead atoms. The van der Waals surface area contributed by atoms with Crippen LogP contribution in [0.1, 0.15) is 12.8 Å². The number of rotatable bonds is 6. The Labute approximate surface area is 145 Å². The molecule has 1 aromatic carbocycles. The van der Waals surface area contributed by atoms with E-state index in [0.717, 1.165) is 12.3 Å². The van der Waals surface area contributed by atoms with E-state index >= 15 is 0 Å². The maximum atomic E-state index is 12.2. The van der Waals surface area contributed by atoms with Crippen molar-refractivity contribution in [3.8, 4) is 0 Å². The molecule has 10 heteroatoms. The van der Waals surface area contributed by atoms with Crippen LogP contribution < -0.4 is 5.16 Å². The Morgan fingerprint density at radius 1 is 1.36 bits per heavy atom. The second-order valence-corrected chi connectivity index (χ2v) is 9.33. The molecule has 0 saturated carbocycles. The fourth-order valence-electron chi connectivity index (χ4n) is 2.05. The zero-order chi connectivity index (χ0) is 18.8. The lowest BCUT2D eigenvalue weighted by atomic mass is 10.3. The Balaban J connectivity index is 2.66. The van der Waals surface area contributed by atoms with Crippen molar-refractivity contribution in [2.45, 2.75) is 11.8 Å². The highest BCUT2D eigenvalue weighted by Crippen LogP contribution is 2.22. The summed E-state index contributed by atoms with van der Waals surface area (Å²) in [5, 5.41) is 12.9. The molecule has 0 radical (unpaired) electrons. The van der Waals surface area contributed by atoms with Crippen LogP contribution in [0.4, 0.5) is 0 Å². The van der Waals surface area contributed by atoms with Gasteiger partial charge in [-0.3, -0.25) is 0 Å². The van der Waals surface area contributed by atoms with Gasteiger partial charge in [-0.1, -0.05) is 19.6 Å². The van der Waals surface area contributed by atoms with Gasteiger partial charge in [-0.05, 0) is 24.3 Å². The molecular weight excluding hydrogens is 368 g/mol. The quantitative estimate of drug-likeness (QED) is 0.323. The lowest BCUT2D eigenvalue weighted by Crippen LogP contribution is -2.66. The first-order chi connectivity index (χ1) is 11.6. The van der Waals surface area contributed by atoms with Gasteiger partial charge in [0, 0.05) is 6.26 Å². The Bertz CT molecular complexity index is 1090. The number of nitrogens with zero attached hydrogens (tertiary/aromatic N) is 1. The molecular formula is C15H16N2O6S2. The van der Waals surface area contributed by atoms with Gasteiger partial charge in [0.1, 0.15) is 10.4 Å². The molecule has 134 valence electrons. The average molecular weight is 384 g/mol. The van der Waals surface area contributed by atoms with E-state index in [1.165, 1.54) is 31.2 Å². The van der Waals surface area contributed by atoms with E-state index in [2.05, 4.69) is 11.6 Å². The second kappa shape index (κ2) is 6.81. The van der Waals surface area contributed by atoms with Crippen LogP contribution in [0.5, 0.6) is 0 Å². The van der Waals surface area contributed by atoms with E-state index in [0.29, 0.717) is 0 Å². The summed E-state index contributed by atoms with van der Waals surface area (Å²) >= 11 is 0. The SMILES string of the molecule is C=C/C=C(\C(=[NH+]\[O-])c1nc2cc(S(C)(=O)=O)ccc2o1)S(=O)(=O)CC. The number of allylic oxidation sites excluding steroid dienone is 3. The molecule has 0 amide bonds. The lowest BCUT2D eigenvalue weighted by molar-refractivity contribution is -0.372. The normalized spacial score (nSPS) is 14.0. The maximum Gasteiger partial charge on any atom is 0.296 e. The van der Waals surface area contributed by atoms with Crippen molar-refractivity contribution in [3.05, 3.63) is 52.9 Å². The summed E-state index contributed by atoms with van der Waals surface area (Å²) in [5.74, 6) is -0.503. The van der Waals surface area contributed by atoms with E-state index in [4.69, 9.17) is 4.42 Å². The van der Waals surface area contributed by atoms with Gasteiger partial charge >= 0.3 is 0 Å². The molecule has 25 heavy (non-hydrogen) atoms. The Morgan fingerprint density at radius 2 is 2.04 bits per heavy atom. The van der Waals surface area contributed by atoms with E-state index in [1.54, 1.807) is 5.16 Å². The topological polar surface area (TPSA) is 131 Å². The highest BCUT2D eigenvalue weighted by molar-refractivity contribution is 7.96. The number of hydrogen-bond donors (Lipinski definition) is 1. The largest absolute Gasteiger partial charge is 0.625 e. The summed E-state index contributed by atoms with van der Waals surface area (Å²) in [6.07, 6.45) is 3.44. The first-order valence-corrected chi connectivity index (χ1v) is 10.6. The predicted molar refractivity (Wildman–Crippen MR) is 93.3 cm³/mol. The highest BCUT2D eigenvalue weighted by Gasteiger charge is 2.30. The van der Waals surface area contributed by atoms with Crippen molar-refractivity contribution in [1.82, 2.24) is 4.98 Å². The molecule has 0 aliphatic rings. The number of hydrogen-bond acceptors (Lipinski definition) is 7. The van der Waals surface area contributed by atoms with Gasteiger partial charge in [0.2, 0.25) is 0 Å². The van der Waals surface area contributed by atoms with Crippen LogP contribution in [0.3, 0.4) is 0 Å². The van der Waals surface area contributed by atoms with Crippen molar-refractivity contribution in [2.24, 2.45) is 0 Å². The predicted octanol–water partition coefficient (Wildman–Crippen LogP) is 0.103. The minimum Gasteiger partial charge on any atom is -0.625 e. The Morgan fingerprint density at radius 3 is 2.56 bits per heavy atom. The molecule has 1 aromatic heterocycles. The number of oxazole rings is 1. The second-order valence-electron chi connectivity index (χ2n) is 5.07. The van der Waals surface area contributed by atoms with Gasteiger partial charge in [-0.2, -0.15) is 0 Å². The molecule has 2 aromatic rings. The van der Waals surface area contributed by atoms with E-state index in [9.17, 15) is 22.0 Å². The molecule has 2 rings (SSSR count). The zero-order valence-corrected chi connectivity index (χ0v) is 15.1. The molecule has 0 aliphatic carbocycles. The Kier molecular flexibility index (Phi) is 5.14. The Hall–Kier alpha value is -2.46. The minimum atomic E-state index is -3.76. The monoisotopic (exact) mass is 384 g/mol. The van der Waals surface area contributed by atoms with E-state index in [1.807, 2.05) is 0 Å². The summed E-state index contributed by atoms with van der Waals surface area (Å²) in [7, 11) is -7.21. The molecule has 1 heterocycles. The third-order valence-corrected chi connectivity index (χ3v) is 6.21. The van der Waals surface area contributed by atoms with Gasteiger partial charge in [-0.25, -0.2) is 27.0 Å². The molecule has 1 N–H and O–H groups in total. The summed E-state index contributed by atoms with van der Waals surface area (Å²) in [6.45, 7) is 4.87. The van der Waals surface area contributed by atoms with Crippen molar-refractivity contribution in [3.63, 3.8) is 0 Å². The molecule has 0 unspecified atom stereocenters. The summed E-state index contributed by atoms with van der Waals surface area (Å²) < 4.78 is 53.0. The fourth-order valence-corrected chi connectivity index (χ4v) is 3.74. The summed E-state index contributed by atoms with van der Waals surface area (Å²) in [6, 6.07) is 4.00. The minimum absolute atomic E-state index is 0.0273.